The van der Waals surface area contributed by atoms with Crippen LogP contribution in [0.3, 0.4) is 0 Å². The zero-order chi connectivity index (χ0) is 21.5. The Morgan fingerprint density at radius 3 is 2.43 bits per heavy atom. The minimum atomic E-state index is -0.452. The minimum absolute atomic E-state index is 0.123. The molecule has 0 saturated heterocycles. The number of aromatic nitrogens is 4. The Morgan fingerprint density at radius 2 is 1.80 bits per heavy atom. The highest BCUT2D eigenvalue weighted by molar-refractivity contribution is 5.93. The Hall–Kier alpha value is -3.08. The fourth-order valence-electron chi connectivity index (χ4n) is 4.32. The number of hydrogen-bond donors (Lipinski definition) is 1. The fraction of sp³-hybridized carbons (Fsp3) is 0.360. The van der Waals surface area contributed by atoms with Gasteiger partial charge in [-0.15, -0.1) is 10.2 Å². The summed E-state index contributed by atoms with van der Waals surface area (Å²) in [4.78, 5) is 12.8. The largest absolute Gasteiger partial charge is 0.299 e. The number of tetrazole rings is 1. The van der Waals surface area contributed by atoms with Gasteiger partial charge in [-0.25, -0.2) is 0 Å². The number of hydrogen-bond acceptors (Lipinski definition) is 4. The molecule has 0 amide bonds. The third-order valence-electron chi connectivity index (χ3n) is 6.33. The van der Waals surface area contributed by atoms with Gasteiger partial charge in [0.15, 0.2) is 0 Å². The highest BCUT2D eigenvalue weighted by atomic mass is 16.1. The van der Waals surface area contributed by atoms with Gasteiger partial charge in [-0.2, -0.15) is 5.21 Å². The van der Waals surface area contributed by atoms with Crippen LogP contribution in [0.15, 0.2) is 42.5 Å². The second-order valence-electron chi connectivity index (χ2n) is 9.25. The van der Waals surface area contributed by atoms with Crippen LogP contribution in [-0.4, -0.2) is 26.4 Å². The molecule has 0 bridgehead atoms. The number of nitrogens with one attached hydrogen (secondary N) is 1. The minimum Gasteiger partial charge on any atom is -0.299 e. The SMILES string of the molecule is CC/C(=C\c1ccc(-c2nn[nH]n2)cc1)c1ccc2c(c1)C(C)(C)C(=O)CC2(C)C. The predicted molar refractivity (Wildman–Crippen MR) is 120 cm³/mol. The summed E-state index contributed by atoms with van der Waals surface area (Å²) in [6, 6.07) is 14.8. The van der Waals surface area contributed by atoms with E-state index >= 15 is 0 Å². The number of carbonyl (C=O) groups excluding carboxylic acids is 1. The van der Waals surface area contributed by atoms with Crippen molar-refractivity contribution < 1.29 is 4.79 Å². The predicted octanol–water partition coefficient (Wildman–Crippen LogP) is 5.35. The molecule has 4 rings (SSSR count). The van der Waals surface area contributed by atoms with E-state index in [-0.39, 0.29) is 5.41 Å². The highest BCUT2D eigenvalue weighted by Crippen LogP contribution is 2.44. The van der Waals surface area contributed by atoms with Crippen LogP contribution in [0.1, 0.15) is 69.7 Å². The zero-order valence-electron chi connectivity index (χ0n) is 18.3. The van der Waals surface area contributed by atoms with Crippen molar-refractivity contribution in [3.05, 3.63) is 64.7 Å². The van der Waals surface area contributed by atoms with Crippen LogP contribution in [0.25, 0.3) is 23.0 Å². The molecule has 0 fully saturated rings. The number of H-pyrrole nitrogens is 1. The molecule has 0 aliphatic heterocycles. The molecule has 2 aromatic carbocycles. The Balaban J connectivity index is 1.72. The number of carbonyl (C=O) groups is 1. The topological polar surface area (TPSA) is 71.5 Å². The zero-order valence-corrected chi connectivity index (χ0v) is 18.3. The number of ketones is 1. The summed E-state index contributed by atoms with van der Waals surface area (Å²) in [5, 5.41) is 14.1. The van der Waals surface area contributed by atoms with Gasteiger partial charge in [0.1, 0.15) is 5.78 Å². The van der Waals surface area contributed by atoms with Crippen LogP contribution in [0.5, 0.6) is 0 Å². The Morgan fingerprint density at radius 1 is 1.07 bits per heavy atom. The molecule has 0 spiro atoms. The molecule has 3 aromatic rings. The average molecular weight is 401 g/mol. The maximum Gasteiger partial charge on any atom is 0.204 e. The molecule has 1 N–H and O–H groups in total. The van der Waals surface area contributed by atoms with Gasteiger partial charge in [-0.05, 0) is 58.7 Å². The summed E-state index contributed by atoms with van der Waals surface area (Å²) in [6.45, 7) is 10.6. The Labute approximate surface area is 177 Å². The first-order valence-corrected chi connectivity index (χ1v) is 10.5. The molecule has 30 heavy (non-hydrogen) atoms. The standard InChI is InChI=1S/C25H28N4O/c1-6-17(13-16-7-9-18(10-8-16)23-26-28-29-27-23)19-11-12-20-21(14-19)25(4,5)22(30)15-24(20,2)3/h7-14H,6,15H2,1-5H3,(H,26,27,28,29)/b17-13+. The summed E-state index contributed by atoms with van der Waals surface area (Å²) < 4.78 is 0. The number of nitrogens with zero attached hydrogens (tertiary/aromatic N) is 3. The summed E-state index contributed by atoms with van der Waals surface area (Å²) in [5.74, 6) is 0.904. The number of rotatable bonds is 4. The van der Waals surface area contributed by atoms with Crippen molar-refractivity contribution in [2.45, 2.75) is 58.3 Å². The van der Waals surface area contributed by atoms with Crippen molar-refractivity contribution in [2.75, 3.05) is 0 Å². The van der Waals surface area contributed by atoms with Gasteiger partial charge in [-0.1, -0.05) is 69.3 Å². The van der Waals surface area contributed by atoms with Gasteiger partial charge >= 0.3 is 0 Å². The van der Waals surface area contributed by atoms with E-state index in [0.29, 0.717) is 18.0 Å². The first kappa shape index (κ1) is 20.2. The number of allylic oxidation sites excluding steroid dienone is 1. The molecule has 1 heterocycles. The molecule has 1 aromatic heterocycles. The molecule has 0 saturated carbocycles. The van der Waals surface area contributed by atoms with Crippen LogP contribution in [-0.2, 0) is 15.6 Å². The second-order valence-corrected chi connectivity index (χ2v) is 9.25. The van der Waals surface area contributed by atoms with E-state index in [2.05, 4.69) is 91.7 Å². The van der Waals surface area contributed by atoms with Gasteiger partial charge in [0, 0.05) is 17.4 Å². The quantitative estimate of drug-likeness (QED) is 0.600. The summed E-state index contributed by atoms with van der Waals surface area (Å²) in [5.41, 5.74) is 6.34. The lowest BCUT2D eigenvalue weighted by molar-refractivity contribution is -0.125. The number of benzene rings is 2. The van der Waals surface area contributed by atoms with Crippen LogP contribution >= 0.6 is 0 Å². The van der Waals surface area contributed by atoms with Gasteiger partial charge in [0.05, 0.1) is 0 Å². The van der Waals surface area contributed by atoms with Crippen LogP contribution in [0.2, 0.25) is 0 Å². The Kier molecular flexibility index (Phi) is 4.92. The van der Waals surface area contributed by atoms with Crippen molar-refractivity contribution >= 4 is 17.4 Å². The maximum absolute atomic E-state index is 12.8. The van der Waals surface area contributed by atoms with Gasteiger partial charge in [-0.3, -0.25) is 4.79 Å². The van der Waals surface area contributed by atoms with Crippen LogP contribution in [0.4, 0.5) is 0 Å². The summed E-state index contributed by atoms with van der Waals surface area (Å²) in [7, 11) is 0. The van der Waals surface area contributed by atoms with Crippen molar-refractivity contribution in [3.8, 4) is 11.4 Å². The smallest absolute Gasteiger partial charge is 0.204 e. The first-order chi connectivity index (χ1) is 14.2. The van der Waals surface area contributed by atoms with E-state index in [4.69, 9.17) is 0 Å². The fourth-order valence-corrected chi connectivity index (χ4v) is 4.32. The first-order valence-electron chi connectivity index (χ1n) is 10.5. The lowest BCUT2D eigenvalue weighted by Gasteiger charge is -2.40. The molecule has 5 nitrogen and oxygen atoms in total. The molecular formula is C25H28N4O. The third kappa shape index (κ3) is 3.49. The molecule has 0 radical (unpaired) electrons. The van der Waals surface area contributed by atoms with Crippen molar-refractivity contribution in [1.29, 1.82) is 0 Å². The normalized spacial score (nSPS) is 17.6. The van der Waals surface area contributed by atoms with Crippen molar-refractivity contribution in [2.24, 2.45) is 0 Å². The van der Waals surface area contributed by atoms with Gasteiger partial charge < -0.3 is 0 Å². The number of aromatic amines is 1. The Bertz CT molecular complexity index is 1110. The highest BCUT2D eigenvalue weighted by Gasteiger charge is 2.43. The van der Waals surface area contributed by atoms with E-state index in [9.17, 15) is 4.79 Å². The molecule has 0 unspecified atom stereocenters. The monoisotopic (exact) mass is 400 g/mol. The van der Waals surface area contributed by atoms with E-state index in [1.807, 2.05) is 12.1 Å². The second kappa shape index (κ2) is 7.31. The van der Waals surface area contributed by atoms with Crippen molar-refractivity contribution in [1.82, 2.24) is 20.6 Å². The van der Waals surface area contributed by atoms with E-state index in [1.54, 1.807) is 0 Å². The molecule has 5 heteroatoms. The molecule has 0 atom stereocenters. The van der Waals surface area contributed by atoms with E-state index < -0.39 is 5.41 Å². The summed E-state index contributed by atoms with van der Waals surface area (Å²) in [6.07, 6.45) is 3.71. The average Bonchev–Trinajstić information content (AvgIpc) is 3.25. The molecule has 1 aliphatic carbocycles. The van der Waals surface area contributed by atoms with E-state index in [1.165, 1.54) is 16.7 Å². The van der Waals surface area contributed by atoms with Gasteiger partial charge in [0.2, 0.25) is 5.82 Å². The summed E-state index contributed by atoms with van der Waals surface area (Å²) >= 11 is 0. The van der Waals surface area contributed by atoms with Crippen LogP contribution in [0, 0.1) is 0 Å². The molecule has 154 valence electrons. The van der Waals surface area contributed by atoms with E-state index in [0.717, 1.165) is 23.1 Å². The third-order valence-corrected chi connectivity index (χ3v) is 6.33. The molecule has 1 aliphatic rings. The lowest BCUT2D eigenvalue weighted by atomic mass is 9.62. The van der Waals surface area contributed by atoms with Gasteiger partial charge in [0.25, 0.3) is 0 Å². The molecular weight excluding hydrogens is 372 g/mol. The lowest BCUT2D eigenvalue weighted by Crippen LogP contribution is -2.42. The maximum atomic E-state index is 12.8. The van der Waals surface area contributed by atoms with Crippen molar-refractivity contribution in [3.63, 3.8) is 0 Å². The number of fused-ring (bicyclic) bond motifs is 1. The van der Waals surface area contributed by atoms with Crippen LogP contribution < -0.4 is 0 Å². The number of Topliss-reactive ketones (excluding diaryl/α,β-unsaturated/α-hetero) is 1.